The summed E-state index contributed by atoms with van der Waals surface area (Å²) in [6.45, 7) is 1.96. The van der Waals surface area contributed by atoms with Gasteiger partial charge >= 0.3 is 0 Å². The smallest absolute Gasteiger partial charge is 0.198 e. The van der Waals surface area contributed by atoms with Crippen molar-refractivity contribution in [2.45, 2.75) is 19.1 Å². The molecule has 1 aromatic heterocycles. The topological polar surface area (TPSA) is 42.7 Å². The van der Waals surface area contributed by atoms with E-state index in [4.69, 9.17) is 9.15 Å². The number of rotatable bonds is 2. The summed E-state index contributed by atoms with van der Waals surface area (Å²) >= 11 is 0. The van der Waals surface area contributed by atoms with Crippen molar-refractivity contribution in [2.75, 3.05) is 0 Å². The van der Waals surface area contributed by atoms with E-state index in [0.29, 0.717) is 16.5 Å². The molecular weight excluding hydrogens is 264 g/mol. The minimum atomic E-state index is -0.200. The van der Waals surface area contributed by atoms with Gasteiger partial charge in [-0.05, 0) is 24.6 Å². The molecule has 0 unspecified atom stereocenters. The van der Waals surface area contributed by atoms with Gasteiger partial charge in [0.15, 0.2) is 5.43 Å². The lowest BCUT2D eigenvalue weighted by molar-refractivity contribution is 0.374. The zero-order valence-electron chi connectivity index (χ0n) is 11.6. The van der Waals surface area contributed by atoms with Gasteiger partial charge in [0.1, 0.15) is 24.1 Å². The number of fused-ring (bicyclic) bond motifs is 1. The second-order valence-electron chi connectivity index (χ2n) is 5.41. The summed E-state index contributed by atoms with van der Waals surface area (Å²) in [6, 6.07) is 15.6. The molecule has 0 saturated carbocycles. The monoisotopic (exact) mass is 278 g/mol. The van der Waals surface area contributed by atoms with Crippen LogP contribution in [0, 0.1) is 6.92 Å². The summed E-state index contributed by atoms with van der Waals surface area (Å²) in [5.41, 5.74) is 3.35. The summed E-state index contributed by atoms with van der Waals surface area (Å²) < 4.78 is 11.3. The molecule has 0 bridgehead atoms. The van der Waals surface area contributed by atoms with E-state index in [-0.39, 0.29) is 17.6 Å². The fourth-order valence-corrected chi connectivity index (χ4v) is 2.70. The third-order valence-corrected chi connectivity index (χ3v) is 3.88. The number of ether oxygens (including phenoxy) is 1. The molecule has 0 radical (unpaired) electrons. The number of benzene rings is 2. The van der Waals surface area contributed by atoms with E-state index < -0.39 is 0 Å². The van der Waals surface area contributed by atoms with Crippen LogP contribution in [0.5, 0.6) is 0 Å². The summed E-state index contributed by atoms with van der Waals surface area (Å²) in [5, 5.41) is 0.620. The van der Waals surface area contributed by atoms with Crippen LogP contribution >= 0.6 is 0 Å². The van der Waals surface area contributed by atoms with E-state index in [2.05, 4.69) is 0 Å². The number of hydrogen-bond donors (Lipinski definition) is 0. The second kappa shape index (κ2) is 4.57. The average Bonchev–Trinajstić information content (AvgIpc) is 3.29. The lowest BCUT2D eigenvalue weighted by atomic mass is 10.0. The molecule has 1 aliphatic heterocycles. The van der Waals surface area contributed by atoms with Gasteiger partial charge in [0, 0.05) is 0 Å². The van der Waals surface area contributed by atoms with Crippen LogP contribution in [0.15, 0.2) is 64.0 Å². The van der Waals surface area contributed by atoms with Crippen LogP contribution in [0.4, 0.5) is 0 Å². The van der Waals surface area contributed by atoms with Crippen LogP contribution in [0.3, 0.4) is 0 Å². The Hall–Kier alpha value is -2.39. The lowest BCUT2D eigenvalue weighted by Gasteiger charge is -2.01. The van der Waals surface area contributed by atoms with Crippen molar-refractivity contribution in [2.24, 2.45) is 0 Å². The first-order valence-electron chi connectivity index (χ1n) is 6.96. The molecule has 0 spiro atoms. The van der Waals surface area contributed by atoms with Crippen LogP contribution in [0.2, 0.25) is 0 Å². The van der Waals surface area contributed by atoms with Crippen molar-refractivity contribution < 1.29 is 9.15 Å². The second-order valence-corrected chi connectivity index (χ2v) is 5.41. The molecule has 1 saturated heterocycles. The Kier molecular flexibility index (Phi) is 2.69. The van der Waals surface area contributed by atoms with Crippen LogP contribution in [-0.4, -0.2) is 0 Å². The Bertz CT molecular complexity index is 865. The first-order valence-corrected chi connectivity index (χ1v) is 6.96. The molecule has 3 heteroatoms. The molecule has 0 N–H and O–H groups in total. The van der Waals surface area contributed by atoms with E-state index in [0.717, 1.165) is 11.1 Å². The van der Waals surface area contributed by atoms with Gasteiger partial charge in [0.2, 0.25) is 0 Å². The molecule has 2 heterocycles. The van der Waals surface area contributed by atoms with Crippen LogP contribution in [-0.2, 0) is 4.74 Å². The standard InChI is InChI=1S/C18H14O3/c1-11-7-8-15-13(9-11)16(19)14(10-20-15)18-17(21-18)12-5-3-2-4-6-12/h2-10,17-18H,1H3/t17-,18+/m1/s1. The molecule has 104 valence electrons. The maximum absolute atomic E-state index is 12.6. The Morgan fingerprint density at radius 2 is 1.81 bits per heavy atom. The zero-order chi connectivity index (χ0) is 14.4. The van der Waals surface area contributed by atoms with Gasteiger partial charge in [-0.15, -0.1) is 0 Å². The number of hydrogen-bond acceptors (Lipinski definition) is 3. The van der Waals surface area contributed by atoms with Crippen molar-refractivity contribution in [3.8, 4) is 0 Å². The molecule has 21 heavy (non-hydrogen) atoms. The van der Waals surface area contributed by atoms with E-state index >= 15 is 0 Å². The molecule has 2 aromatic carbocycles. The van der Waals surface area contributed by atoms with Gasteiger partial charge in [-0.1, -0.05) is 42.0 Å². The molecule has 3 nitrogen and oxygen atoms in total. The summed E-state index contributed by atoms with van der Waals surface area (Å²) in [5.74, 6) is 0. The summed E-state index contributed by atoms with van der Waals surface area (Å²) in [7, 11) is 0. The zero-order valence-corrected chi connectivity index (χ0v) is 11.6. The maximum atomic E-state index is 12.6. The summed E-state index contributed by atoms with van der Waals surface area (Å²) in [4.78, 5) is 12.6. The Labute approximate surface area is 121 Å². The highest BCUT2D eigenvalue weighted by atomic mass is 16.6. The predicted molar refractivity (Wildman–Crippen MR) is 80.2 cm³/mol. The highest BCUT2D eigenvalue weighted by molar-refractivity contribution is 5.77. The molecule has 0 amide bonds. The molecule has 3 aromatic rings. The number of aryl methyl sites for hydroxylation is 1. The Morgan fingerprint density at radius 3 is 2.62 bits per heavy atom. The maximum Gasteiger partial charge on any atom is 0.198 e. The fraction of sp³-hybridized carbons (Fsp3) is 0.167. The normalized spacial score (nSPS) is 20.6. The van der Waals surface area contributed by atoms with Gasteiger partial charge in [-0.3, -0.25) is 4.79 Å². The minimum absolute atomic E-state index is 0.00313. The highest BCUT2D eigenvalue weighted by Gasteiger charge is 2.43. The largest absolute Gasteiger partial charge is 0.464 e. The molecule has 1 aliphatic rings. The minimum Gasteiger partial charge on any atom is -0.464 e. The Balaban J connectivity index is 1.76. The molecule has 0 aliphatic carbocycles. The van der Waals surface area contributed by atoms with Gasteiger partial charge in [-0.25, -0.2) is 0 Å². The Morgan fingerprint density at radius 1 is 1.00 bits per heavy atom. The highest BCUT2D eigenvalue weighted by Crippen LogP contribution is 2.50. The number of epoxide rings is 1. The van der Waals surface area contributed by atoms with Gasteiger partial charge in [-0.2, -0.15) is 0 Å². The van der Waals surface area contributed by atoms with E-state index in [9.17, 15) is 4.79 Å². The van der Waals surface area contributed by atoms with Crippen LogP contribution < -0.4 is 5.43 Å². The first-order chi connectivity index (χ1) is 10.2. The van der Waals surface area contributed by atoms with E-state index in [1.807, 2.05) is 55.5 Å². The average molecular weight is 278 g/mol. The third kappa shape index (κ3) is 2.06. The van der Waals surface area contributed by atoms with E-state index in [1.54, 1.807) is 0 Å². The van der Waals surface area contributed by atoms with Crippen molar-refractivity contribution in [1.82, 2.24) is 0 Å². The molecular formula is C18H14O3. The lowest BCUT2D eigenvalue weighted by Crippen LogP contribution is -2.08. The van der Waals surface area contributed by atoms with Crippen molar-refractivity contribution >= 4 is 11.0 Å². The van der Waals surface area contributed by atoms with Crippen molar-refractivity contribution in [3.63, 3.8) is 0 Å². The van der Waals surface area contributed by atoms with Gasteiger partial charge in [0.25, 0.3) is 0 Å². The molecule has 2 atom stereocenters. The van der Waals surface area contributed by atoms with E-state index in [1.165, 1.54) is 6.26 Å². The van der Waals surface area contributed by atoms with Crippen molar-refractivity contribution in [3.05, 3.63) is 81.7 Å². The van der Waals surface area contributed by atoms with Gasteiger partial charge in [0.05, 0.1) is 10.9 Å². The SMILES string of the molecule is Cc1ccc2occ([C@@H]3O[C@@H]3c3ccccc3)c(=O)c2c1. The molecule has 4 rings (SSSR count). The van der Waals surface area contributed by atoms with Crippen LogP contribution in [0.25, 0.3) is 11.0 Å². The van der Waals surface area contributed by atoms with Crippen molar-refractivity contribution in [1.29, 1.82) is 0 Å². The fourth-order valence-electron chi connectivity index (χ4n) is 2.70. The first kappa shape index (κ1) is 12.4. The predicted octanol–water partition coefficient (Wildman–Crippen LogP) is 3.91. The van der Waals surface area contributed by atoms with Crippen LogP contribution in [0.1, 0.15) is 28.9 Å². The third-order valence-electron chi connectivity index (χ3n) is 3.88. The molecule has 1 fully saturated rings. The summed E-state index contributed by atoms with van der Waals surface area (Å²) in [6.07, 6.45) is 1.29. The quantitative estimate of drug-likeness (QED) is 0.667. The van der Waals surface area contributed by atoms with Gasteiger partial charge < -0.3 is 9.15 Å².